The zero-order valence-corrected chi connectivity index (χ0v) is 31.0. The average molecular weight is 742 g/mol. The maximum absolute atomic E-state index is 14.3. The van der Waals surface area contributed by atoms with Crippen LogP contribution in [0.25, 0.3) is 0 Å². The molecule has 1 aliphatic heterocycles. The summed E-state index contributed by atoms with van der Waals surface area (Å²) < 4.78 is 30.2. The fourth-order valence-electron chi connectivity index (χ4n) is 6.21. The van der Waals surface area contributed by atoms with Crippen LogP contribution in [0, 0.1) is 0 Å². The van der Waals surface area contributed by atoms with Crippen molar-refractivity contribution in [2.45, 2.75) is 44.1 Å². The lowest BCUT2D eigenvalue weighted by Crippen LogP contribution is -2.52. The molecule has 0 bridgehead atoms. The number of hydrogen-bond acceptors (Lipinski definition) is 9. The maximum atomic E-state index is 14.3. The highest BCUT2D eigenvalue weighted by Crippen LogP contribution is 2.43. The van der Waals surface area contributed by atoms with E-state index in [0.717, 1.165) is 22.3 Å². The van der Waals surface area contributed by atoms with E-state index in [1.54, 1.807) is 13.2 Å². The Morgan fingerprint density at radius 2 is 1.53 bits per heavy atom. The molecular formula is C45H47N3O7. The first-order chi connectivity index (χ1) is 27.0. The first kappa shape index (κ1) is 38.6. The van der Waals surface area contributed by atoms with Gasteiger partial charge in [-0.1, -0.05) is 84.9 Å². The molecule has 10 nitrogen and oxygen atoms in total. The number of nitrogens with zero attached hydrogens (tertiary/aromatic N) is 1. The highest BCUT2D eigenvalue weighted by Gasteiger charge is 2.52. The van der Waals surface area contributed by atoms with E-state index in [0.29, 0.717) is 73.7 Å². The van der Waals surface area contributed by atoms with Crippen molar-refractivity contribution in [3.8, 4) is 23.0 Å². The Labute approximate surface area is 322 Å². The number of hydrogen-bond donors (Lipinski definition) is 3. The molecule has 284 valence electrons. The molecule has 0 saturated carbocycles. The highest BCUT2D eigenvalue weighted by atomic mass is 16.5. The number of amides is 1. The molecule has 5 aromatic carbocycles. The van der Waals surface area contributed by atoms with Crippen molar-refractivity contribution in [3.05, 3.63) is 168 Å². The van der Waals surface area contributed by atoms with Crippen molar-refractivity contribution in [3.63, 3.8) is 0 Å². The largest absolute Gasteiger partial charge is 0.497 e. The zero-order chi connectivity index (χ0) is 38.3. The number of nitrogens with one attached hydrogen (secondary N) is 2. The van der Waals surface area contributed by atoms with Gasteiger partial charge in [-0.15, -0.1) is 6.58 Å². The van der Waals surface area contributed by atoms with Crippen LogP contribution in [0.1, 0.15) is 46.8 Å². The van der Waals surface area contributed by atoms with E-state index in [4.69, 9.17) is 33.8 Å². The van der Waals surface area contributed by atoms with Gasteiger partial charge in [0.2, 0.25) is 5.90 Å². The number of aliphatic hydroxyl groups excluding tert-OH is 1. The van der Waals surface area contributed by atoms with Gasteiger partial charge in [0.05, 0.1) is 13.7 Å². The smallest absolute Gasteiger partial charge is 0.266 e. The molecule has 0 saturated heterocycles. The summed E-state index contributed by atoms with van der Waals surface area (Å²) in [7, 11) is 1.60. The molecule has 0 spiro atoms. The molecule has 6 rings (SSSR count). The van der Waals surface area contributed by atoms with E-state index in [1.807, 2.05) is 127 Å². The Hall–Kier alpha value is -6.10. The standard InChI is InChI=1S/C45H47N3O7/c1-3-25-45(42(37-16-10-17-39(30-37)51-2)55-43(47-45)36-19-21-38(22-20-36)52-28-11-27-49)44(50)48-46-26-24-33-18-23-40(53-31-34-12-6-4-7-13-34)41(29-33)54-32-35-14-8-5-9-15-35/h3-10,12-23,29-30,42,46,49H,1,11,24-28,31-32H2,2H3,(H,48,50)/t42-,45-/m0/s1. The van der Waals surface area contributed by atoms with E-state index in [2.05, 4.69) is 17.4 Å². The van der Waals surface area contributed by atoms with Gasteiger partial charge in [0.1, 0.15) is 24.7 Å². The Morgan fingerprint density at radius 3 is 2.20 bits per heavy atom. The number of rotatable bonds is 20. The molecule has 1 heterocycles. The number of hydrazine groups is 1. The Kier molecular flexibility index (Phi) is 13.5. The van der Waals surface area contributed by atoms with Gasteiger partial charge in [-0.2, -0.15) is 0 Å². The summed E-state index contributed by atoms with van der Waals surface area (Å²) in [4.78, 5) is 19.2. The van der Waals surface area contributed by atoms with Crippen molar-refractivity contribution in [1.29, 1.82) is 0 Å². The molecule has 0 aliphatic carbocycles. The summed E-state index contributed by atoms with van der Waals surface area (Å²) >= 11 is 0. The second kappa shape index (κ2) is 19.3. The molecule has 55 heavy (non-hydrogen) atoms. The molecule has 1 amide bonds. The fourth-order valence-corrected chi connectivity index (χ4v) is 6.21. The van der Waals surface area contributed by atoms with E-state index >= 15 is 0 Å². The third-order valence-corrected chi connectivity index (χ3v) is 9.11. The molecule has 1 aliphatic rings. The zero-order valence-electron chi connectivity index (χ0n) is 31.0. The molecule has 3 N–H and O–H groups in total. The van der Waals surface area contributed by atoms with Gasteiger partial charge in [-0.25, -0.2) is 10.4 Å². The Morgan fingerprint density at radius 1 is 0.818 bits per heavy atom. The van der Waals surface area contributed by atoms with Crippen molar-refractivity contribution in [2.24, 2.45) is 4.99 Å². The lowest BCUT2D eigenvalue weighted by Gasteiger charge is -2.29. The summed E-state index contributed by atoms with van der Waals surface area (Å²) in [6.07, 6.45) is 2.24. The van der Waals surface area contributed by atoms with Gasteiger partial charge in [-0.05, 0) is 77.2 Å². The van der Waals surface area contributed by atoms with Crippen LogP contribution in [0.4, 0.5) is 0 Å². The van der Waals surface area contributed by atoms with E-state index in [9.17, 15) is 4.79 Å². The number of benzene rings is 5. The minimum Gasteiger partial charge on any atom is -0.497 e. The van der Waals surface area contributed by atoms with Crippen LogP contribution < -0.4 is 29.8 Å². The average Bonchev–Trinajstić information content (AvgIpc) is 3.63. The molecule has 0 unspecified atom stereocenters. The highest BCUT2D eigenvalue weighted by molar-refractivity contribution is 6.01. The van der Waals surface area contributed by atoms with Crippen LogP contribution in [0.5, 0.6) is 23.0 Å². The van der Waals surface area contributed by atoms with Crippen molar-refractivity contribution in [1.82, 2.24) is 10.9 Å². The van der Waals surface area contributed by atoms with Crippen molar-refractivity contribution >= 4 is 11.8 Å². The van der Waals surface area contributed by atoms with Gasteiger partial charge in [0.25, 0.3) is 5.91 Å². The van der Waals surface area contributed by atoms with Crippen LogP contribution >= 0.6 is 0 Å². The predicted molar refractivity (Wildman–Crippen MR) is 212 cm³/mol. The Balaban J connectivity index is 1.17. The van der Waals surface area contributed by atoms with Gasteiger partial charge in [0.15, 0.2) is 23.1 Å². The summed E-state index contributed by atoms with van der Waals surface area (Å²) in [6, 6.07) is 40.7. The second-order valence-corrected chi connectivity index (χ2v) is 13.0. The number of aliphatic imine (C=N–C) groups is 1. The third kappa shape index (κ3) is 10.1. The quantitative estimate of drug-likeness (QED) is 0.0432. The van der Waals surface area contributed by atoms with E-state index in [1.165, 1.54) is 0 Å². The summed E-state index contributed by atoms with van der Waals surface area (Å²) in [5, 5.41) is 9.09. The molecule has 5 aromatic rings. The third-order valence-electron chi connectivity index (χ3n) is 9.11. The maximum Gasteiger partial charge on any atom is 0.266 e. The molecule has 0 radical (unpaired) electrons. The molecule has 0 aromatic heterocycles. The summed E-state index contributed by atoms with van der Waals surface area (Å²) in [5.41, 5.74) is 9.20. The minimum atomic E-state index is -1.37. The summed E-state index contributed by atoms with van der Waals surface area (Å²) in [5.74, 6) is 2.54. The van der Waals surface area contributed by atoms with Crippen LogP contribution in [-0.2, 0) is 29.2 Å². The minimum absolute atomic E-state index is 0.0554. The lowest BCUT2D eigenvalue weighted by atomic mass is 9.84. The number of carbonyl (C=O) groups excluding carboxylic acids is 1. The first-order valence-electron chi connectivity index (χ1n) is 18.4. The van der Waals surface area contributed by atoms with E-state index < -0.39 is 11.6 Å². The normalized spacial score (nSPS) is 16.0. The molecule has 0 fully saturated rings. The van der Waals surface area contributed by atoms with Gasteiger partial charge in [-0.3, -0.25) is 10.2 Å². The van der Waals surface area contributed by atoms with Crippen molar-refractivity contribution in [2.75, 3.05) is 26.9 Å². The fraction of sp³-hybridized carbons (Fsp3) is 0.244. The predicted octanol–water partition coefficient (Wildman–Crippen LogP) is 7.31. The van der Waals surface area contributed by atoms with Crippen LogP contribution in [0.15, 0.2) is 145 Å². The van der Waals surface area contributed by atoms with Crippen LogP contribution in [0.3, 0.4) is 0 Å². The number of methoxy groups -OCH3 is 1. The molecule has 10 heteroatoms. The number of ether oxygens (including phenoxy) is 5. The lowest BCUT2D eigenvalue weighted by molar-refractivity contribution is -0.129. The van der Waals surface area contributed by atoms with Crippen molar-refractivity contribution < 1.29 is 33.6 Å². The topological polar surface area (TPSA) is 120 Å². The van der Waals surface area contributed by atoms with Crippen LogP contribution in [-0.4, -0.2) is 49.3 Å². The van der Waals surface area contributed by atoms with Gasteiger partial charge >= 0.3 is 0 Å². The van der Waals surface area contributed by atoms with Gasteiger partial charge in [0, 0.05) is 31.6 Å². The van der Waals surface area contributed by atoms with E-state index in [-0.39, 0.29) is 18.9 Å². The molecular weight excluding hydrogens is 695 g/mol. The second-order valence-electron chi connectivity index (χ2n) is 13.0. The SMILES string of the molecule is C=CC[C@]1(C(=O)NNCCc2ccc(OCc3ccccc3)c(OCc3ccccc3)c2)N=C(c2ccc(OCCCO)cc2)O[C@H]1c1cccc(OC)c1. The number of aliphatic hydroxyl groups is 1. The monoisotopic (exact) mass is 741 g/mol. The Bertz CT molecular complexity index is 2020. The van der Waals surface area contributed by atoms with Gasteiger partial charge < -0.3 is 28.8 Å². The van der Waals surface area contributed by atoms with Crippen LogP contribution in [0.2, 0.25) is 0 Å². The first-order valence-corrected chi connectivity index (χ1v) is 18.4. The number of carbonyl (C=O) groups is 1. The molecule has 2 atom stereocenters. The summed E-state index contributed by atoms with van der Waals surface area (Å²) in [6.45, 7) is 5.66.